The van der Waals surface area contributed by atoms with Gasteiger partial charge in [0.1, 0.15) is 5.75 Å². The Morgan fingerprint density at radius 3 is 2.50 bits per heavy atom. The smallest absolute Gasteiger partial charge is 0.140 e. The first-order valence-corrected chi connectivity index (χ1v) is 6.91. The molecule has 3 heteroatoms. The summed E-state index contributed by atoms with van der Waals surface area (Å²) < 4.78 is 5.48. The van der Waals surface area contributed by atoms with E-state index in [1.807, 2.05) is 24.4 Å². The number of nitrogens with zero attached hydrogens (tertiary/aromatic N) is 2. The highest BCUT2D eigenvalue weighted by molar-refractivity contribution is 5.37. The van der Waals surface area contributed by atoms with Crippen molar-refractivity contribution in [3.8, 4) is 5.75 Å². The number of hydrogen-bond donors (Lipinski definition) is 0. The summed E-state index contributed by atoms with van der Waals surface area (Å²) in [5.74, 6) is 1.12. The van der Waals surface area contributed by atoms with E-state index in [-0.39, 0.29) is 5.92 Å². The van der Waals surface area contributed by atoms with Gasteiger partial charge in [0, 0.05) is 12.1 Å². The Balaban J connectivity index is 2.35. The third-order valence-electron chi connectivity index (χ3n) is 3.42. The minimum atomic E-state index is 0.259. The van der Waals surface area contributed by atoms with E-state index in [1.54, 1.807) is 7.11 Å². The zero-order valence-electron chi connectivity index (χ0n) is 12.4. The van der Waals surface area contributed by atoms with Crippen LogP contribution in [0.2, 0.25) is 0 Å². The number of hydrogen-bond acceptors (Lipinski definition) is 3. The first-order valence-electron chi connectivity index (χ1n) is 6.91. The first kappa shape index (κ1) is 14.5. The minimum Gasteiger partial charge on any atom is -0.495 e. The molecule has 20 heavy (non-hydrogen) atoms. The lowest BCUT2D eigenvalue weighted by molar-refractivity contribution is 0.377. The Hall–Kier alpha value is -1.87. The van der Waals surface area contributed by atoms with Crippen LogP contribution in [0.15, 0.2) is 48.7 Å². The monoisotopic (exact) mass is 270 g/mol. The molecule has 0 aliphatic carbocycles. The molecule has 106 valence electrons. The average Bonchev–Trinajstić information content (AvgIpc) is 2.49. The van der Waals surface area contributed by atoms with Crippen LogP contribution in [0.1, 0.15) is 23.6 Å². The standard InChI is InChI=1S/C17H22N2O/c1-19(2)13-11-15(14-8-5-4-6-9-14)17-16(20-3)10-7-12-18-17/h4-10,12,15H,11,13H2,1-3H3/t15-/m1/s1. The Morgan fingerprint density at radius 1 is 1.10 bits per heavy atom. The maximum Gasteiger partial charge on any atom is 0.140 e. The minimum absolute atomic E-state index is 0.259. The van der Waals surface area contributed by atoms with Crippen molar-refractivity contribution >= 4 is 0 Å². The summed E-state index contributed by atoms with van der Waals surface area (Å²) >= 11 is 0. The zero-order valence-corrected chi connectivity index (χ0v) is 12.4. The van der Waals surface area contributed by atoms with E-state index in [0.29, 0.717) is 0 Å². The summed E-state index contributed by atoms with van der Waals surface area (Å²) in [5.41, 5.74) is 2.30. The van der Waals surface area contributed by atoms with Crippen LogP contribution in [0.4, 0.5) is 0 Å². The molecule has 0 bridgehead atoms. The van der Waals surface area contributed by atoms with Crippen LogP contribution in [0, 0.1) is 0 Å². The summed E-state index contributed by atoms with van der Waals surface area (Å²) in [6.07, 6.45) is 2.86. The molecule has 2 aromatic rings. The third-order valence-corrected chi connectivity index (χ3v) is 3.42. The van der Waals surface area contributed by atoms with E-state index in [1.165, 1.54) is 5.56 Å². The Labute approximate surface area is 121 Å². The number of rotatable bonds is 6. The van der Waals surface area contributed by atoms with E-state index in [4.69, 9.17) is 4.74 Å². The van der Waals surface area contributed by atoms with Gasteiger partial charge in [-0.1, -0.05) is 30.3 Å². The van der Waals surface area contributed by atoms with Crippen molar-refractivity contribution in [1.82, 2.24) is 9.88 Å². The predicted octanol–water partition coefficient (Wildman–Crippen LogP) is 3.17. The lowest BCUT2D eigenvalue weighted by Crippen LogP contribution is -2.17. The summed E-state index contributed by atoms with van der Waals surface area (Å²) in [4.78, 5) is 6.76. The lowest BCUT2D eigenvalue weighted by atomic mass is 9.91. The number of methoxy groups -OCH3 is 1. The van der Waals surface area contributed by atoms with Gasteiger partial charge in [-0.3, -0.25) is 4.98 Å². The fraction of sp³-hybridized carbons (Fsp3) is 0.353. The topological polar surface area (TPSA) is 25.4 Å². The van der Waals surface area contributed by atoms with Crippen molar-refractivity contribution < 1.29 is 4.74 Å². The molecule has 2 rings (SSSR count). The highest BCUT2D eigenvalue weighted by Gasteiger charge is 2.19. The molecule has 0 aliphatic rings. The highest BCUT2D eigenvalue weighted by Crippen LogP contribution is 2.32. The summed E-state index contributed by atoms with van der Waals surface area (Å²) in [6, 6.07) is 14.4. The van der Waals surface area contributed by atoms with Gasteiger partial charge in [0.15, 0.2) is 0 Å². The molecule has 0 saturated carbocycles. The van der Waals surface area contributed by atoms with Gasteiger partial charge in [0.05, 0.1) is 12.8 Å². The van der Waals surface area contributed by atoms with Crippen LogP contribution >= 0.6 is 0 Å². The molecule has 0 N–H and O–H groups in total. The van der Waals surface area contributed by atoms with Crippen LogP contribution in [-0.4, -0.2) is 37.6 Å². The molecule has 0 aliphatic heterocycles. The number of pyridine rings is 1. The van der Waals surface area contributed by atoms with Gasteiger partial charge in [0.2, 0.25) is 0 Å². The van der Waals surface area contributed by atoms with Crippen LogP contribution in [0.25, 0.3) is 0 Å². The molecule has 1 heterocycles. The average molecular weight is 270 g/mol. The second-order valence-corrected chi connectivity index (χ2v) is 5.15. The quantitative estimate of drug-likeness (QED) is 0.806. The molecule has 0 amide bonds. The Morgan fingerprint density at radius 2 is 1.85 bits per heavy atom. The van der Waals surface area contributed by atoms with Gasteiger partial charge in [-0.05, 0) is 44.8 Å². The molecule has 0 radical (unpaired) electrons. The molecule has 0 unspecified atom stereocenters. The number of benzene rings is 1. The van der Waals surface area contributed by atoms with Crippen molar-refractivity contribution in [3.05, 3.63) is 59.9 Å². The van der Waals surface area contributed by atoms with Gasteiger partial charge in [-0.2, -0.15) is 0 Å². The summed E-state index contributed by atoms with van der Waals surface area (Å²) in [7, 11) is 5.89. The summed E-state index contributed by atoms with van der Waals surface area (Å²) in [6.45, 7) is 1.01. The predicted molar refractivity (Wildman–Crippen MR) is 82.2 cm³/mol. The molecule has 0 fully saturated rings. The van der Waals surface area contributed by atoms with Crippen LogP contribution in [-0.2, 0) is 0 Å². The van der Waals surface area contributed by atoms with Gasteiger partial charge < -0.3 is 9.64 Å². The second kappa shape index (κ2) is 7.06. The molecule has 0 spiro atoms. The van der Waals surface area contributed by atoms with E-state index in [2.05, 4.69) is 48.2 Å². The van der Waals surface area contributed by atoms with Gasteiger partial charge >= 0.3 is 0 Å². The van der Waals surface area contributed by atoms with Crippen molar-refractivity contribution in [2.45, 2.75) is 12.3 Å². The van der Waals surface area contributed by atoms with Gasteiger partial charge in [-0.15, -0.1) is 0 Å². The molecular formula is C17H22N2O. The number of aromatic nitrogens is 1. The van der Waals surface area contributed by atoms with Crippen molar-refractivity contribution in [2.24, 2.45) is 0 Å². The summed E-state index contributed by atoms with van der Waals surface area (Å²) in [5, 5.41) is 0. The van der Waals surface area contributed by atoms with Crippen LogP contribution < -0.4 is 4.74 Å². The largest absolute Gasteiger partial charge is 0.495 e. The van der Waals surface area contributed by atoms with Crippen LogP contribution in [0.3, 0.4) is 0 Å². The highest BCUT2D eigenvalue weighted by atomic mass is 16.5. The number of ether oxygens (including phenoxy) is 1. The third kappa shape index (κ3) is 3.58. The normalized spacial score (nSPS) is 12.4. The fourth-order valence-corrected chi connectivity index (χ4v) is 2.37. The Bertz CT molecular complexity index is 526. The zero-order chi connectivity index (χ0) is 14.4. The van der Waals surface area contributed by atoms with E-state index < -0.39 is 0 Å². The van der Waals surface area contributed by atoms with Crippen molar-refractivity contribution in [3.63, 3.8) is 0 Å². The van der Waals surface area contributed by atoms with Crippen molar-refractivity contribution in [2.75, 3.05) is 27.7 Å². The maximum atomic E-state index is 5.48. The fourth-order valence-electron chi connectivity index (χ4n) is 2.37. The molecule has 0 saturated heterocycles. The lowest BCUT2D eigenvalue weighted by Gasteiger charge is -2.21. The Kier molecular flexibility index (Phi) is 5.13. The second-order valence-electron chi connectivity index (χ2n) is 5.15. The van der Waals surface area contributed by atoms with Gasteiger partial charge in [-0.25, -0.2) is 0 Å². The van der Waals surface area contributed by atoms with E-state index >= 15 is 0 Å². The maximum absolute atomic E-state index is 5.48. The molecular weight excluding hydrogens is 248 g/mol. The van der Waals surface area contributed by atoms with E-state index in [9.17, 15) is 0 Å². The molecule has 3 nitrogen and oxygen atoms in total. The van der Waals surface area contributed by atoms with Gasteiger partial charge in [0.25, 0.3) is 0 Å². The van der Waals surface area contributed by atoms with E-state index in [0.717, 1.165) is 24.4 Å². The first-order chi connectivity index (χ1) is 9.72. The van der Waals surface area contributed by atoms with Crippen molar-refractivity contribution in [1.29, 1.82) is 0 Å². The molecule has 1 aromatic heterocycles. The molecule has 1 atom stereocenters. The SMILES string of the molecule is COc1cccnc1[C@H](CCN(C)C)c1ccccc1. The molecule has 1 aromatic carbocycles. The van der Waals surface area contributed by atoms with Crippen LogP contribution in [0.5, 0.6) is 5.75 Å².